The van der Waals surface area contributed by atoms with Crippen molar-refractivity contribution in [3.63, 3.8) is 0 Å². The van der Waals surface area contributed by atoms with Crippen LogP contribution >= 0.6 is 0 Å². The standard InChI is InChI=1S/C15H19N3O3/c1-3-16-9-12-4-5-17(10-12)11-13-6-14(18(19)20)8-15(7-13)21-2/h4-8,10,16H,3,9,11H2,1-2H3. The molecule has 0 amide bonds. The zero-order valence-electron chi connectivity index (χ0n) is 12.2. The second-order valence-electron chi connectivity index (χ2n) is 4.77. The molecular formula is C15H19N3O3. The van der Waals surface area contributed by atoms with Gasteiger partial charge in [0, 0.05) is 31.5 Å². The van der Waals surface area contributed by atoms with E-state index < -0.39 is 4.92 Å². The van der Waals surface area contributed by atoms with Crippen molar-refractivity contribution in [3.05, 3.63) is 57.9 Å². The van der Waals surface area contributed by atoms with E-state index in [9.17, 15) is 10.1 Å². The molecule has 1 aromatic carbocycles. The van der Waals surface area contributed by atoms with Gasteiger partial charge < -0.3 is 14.6 Å². The lowest BCUT2D eigenvalue weighted by atomic mass is 10.2. The third kappa shape index (κ3) is 4.06. The number of nitrogens with one attached hydrogen (secondary N) is 1. The minimum atomic E-state index is -0.404. The molecule has 0 aliphatic rings. The van der Waals surface area contributed by atoms with Gasteiger partial charge in [0.15, 0.2) is 0 Å². The number of hydrogen-bond acceptors (Lipinski definition) is 4. The van der Waals surface area contributed by atoms with Gasteiger partial charge in [0.25, 0.3) is 5.69 Å². The van der Waals surface area contributed by atoms with Gasteiger partial charge >= 0.3 is 0 Å². The van der Waals surface area contributed by atoms with Crippen LogP contribution in [0, 0.1) is 10.1 Å². The Morgan fingerprint density at radius 1 is 1.33 bits per heavy atom. The molecule has 0 saturated carbocycles. The number of non-ortho nitro benzene ring substituents is 1. The number of rotatable bonds is 7. The van der Waals surface area contributed by atoms with E-state index in [1.54, 1.807) is 6.07 Å². The molecule has 2 rings (SSSR count). The summed E-state index contributed by atoms with van der Waals surface area (Å²) < 4.78 is 7.12. The van der Waals surface area contributed by atoms with Crippen molar-refractivity contribution in [2.45, 2.75) is 20.0 Å². The van der Waals surface area contributed by atoms with E-state index in [0.717, 1.165) is 18.7 Å². The summed E-state index contributed by atoms with van der Waals surface area (Å²) in [5.41, 5.74) is 2.07. The molecule has 1 aromatic heterocycles. The number of hydrogen-bond donors (Lipinski definition) is 1. The fraction of sp³-hybridized carbons (Fsp3) is 0.333. The summed E-state index contributed by atoms with van der Waals surface area (Å²) in [6.07, 6.45) is 4.01. The van der Waals surface area contributed by atoms with Crippen molar-refractivity contribution in [1.82, 2.24) is 9.88 Å². The van der Waals surface area contributed by atoms with E-state index in [0.29, 0.717) is 12.3 Å². The maximum atomic E-state index is 10.9. The Balaban J connectivity index is 2.16. The molecule has 112 valence electrons. The largest absolute Gasteiger partial charge is 0.496 e. The van der Waals surface area contributed by atoms with Gasteiger partial charge in [-0.15, -0.1) is 0 Å². The van der Waals surface area contributed by atoms with E-state index in [-0.39, 0.29) is 5.69 Å². The minimum absolute atomic E-state index is 0.0457. The summed E-state index contributed by atoms with van der Waals surface area (Å²) in [4.78, 5) is 10.5. The van der Waals surface area contributed by atoms with Crippen LogP contribution in [0.2, 0.25) is 0 Å². The third-order valence-electron chi connectivity index (χ3n) is 3.15. The van der Waals surface area contributed by atoms with Crippen molar-refractivity contribution >= 4 is 5.69 Å². The quantitative estimate of drug-likeness (QED) is 0.628. The number of nitro benzene ring substituents is 1. The molecule has 6 heteroatoms. The lowest BCUT2D eigenvalue weighted by Crippen LogP contribution is -2.11. The first-order valence-corrected chi connectivity index (χ1v) is 6.80. The van der Waals surface area contributed by atoms with Crippen molar-refractivity contribution < 1.29 is 9.66 Å². The molecule has 0 aliphatic carbocycles. The first-order chi connectivity index (χ1) is 10.1. The van der Waals surface area contributed by atoms with Crippen LogP contribution in [0.5, 0.6) is 5.75 Å². The van der Waals surface area contributed by atoms with Crippen LogP contribution in [-0.2, 0) is 13.1 Å². The van der Waals surface area contributed by atoms with Gasteiger partial charge in [-0.3, -0.25) is 10.1 Å². The van der Waals surface area contributed by atoms with Gasteiger partial charge in [0.1, 0.15) is 5.75 Å². The van der Waals surface area contributed by atoms with Crippen LogP contribution in [0.3, 0.4) is 0 Å². The zero-order valence-corrected chi connectivity index (χ0v) is 12.2. The molecule has 0 unspecified atom stereocenters. The average Bonchev–Trinajstić information content (AvgIpc) is 2.92. The molecule has 1 N–H and O–H groups in total. The highest BCUT2D eigenvalue weighted by Crippen LogP contribution is 2.23. The predicted molar refractivity (Wildman–Crippen MR) is 80.6 cm³/mol. The fourth-order valence-corrected chi connectivity index (χ4v) is 2.13. The molecule has 0 radical (unpaired) electrons. The highest BCUT2D eigenvalue weighted by molar-refractivity contribution is 5.43. The SMILES string of the molecule is CCNCc1ccn(Cc2cc(OC)cc([N+](=O)[O-])c2)c1. The Morgan fingerprint density at radius 2 is 2.14 bits per heavy atom. The van der Waals surface area contributed by atoms with Crippen molar-refractivity contribution in [2.75, 3.05) is 13.7 Å². The summed E-state index contributed by atoms with van der Waals surface area (Å²) in [6.45, 7) is 4.38. The second-order valence-corrected chi connectivity index (χ2v) is 4.77. The first-order valence-electron chi connectivity index (χ1n) is 6.80. The smallest absolute Gasteiger partial charge is 0.273 e. The Kier molecular flexibility index (Phi) is 4.94. The molecule has 6 nitrogen and oxygen atoms in total. The summed E-state index contributed by atoms with van der Waals surface area (Å²) >= 11 is 0. The number of nitro groups is 1. The lowest BCUT2D eigenvalue weighted by Gasteiger charge is -2.06. The molecule has 2 aromatic rings. The van der Waals surface area contributed by atoms with Crippen LogP contribution in [0.4, 0.5) is 5.69 Å². The van der Waals surface area contributed by atoms with Gasteiger partial charge in [-0.1, -0.05) is 6.92 Å². The minimum Gasteiger partial charge on any atom is -0.496 e. The Morgan fingerprint density at radius 3 is 2.81 bits per heavy atom. The van der Waals surface area contributed by atoms with E-state index in [4.69, 9.17) is 4.74 Å². The zero-order chi connectivity index (χ0) is 15.2. The molecular weight excluding hydrogens is 270 g/mol. The van der Waals surface area contributed by atoms with Crippen molar-refractivity contribution in [3.8, 4) is 5.75 Å². The van der Waals surface area contributed by atoms with Crippen LogP contribution in [0.25, 0.3) is 0 Å². The van der Waals surface area contributed by atoms with Crippen LogP contribution < -0.4 is 10.1 Å². The van der Waals surface area contributed by atoms with E-state index >= 15 is 0 Å². The normalized spacial score (nSPS) is 10.6. The molecule has 0 spiro atoms. The summed E-state index contributed by atoms with van der Waals surface area (Å²) in [6, 6.07) is 6.86. The maximum Gasteiger partial charge on any atom is 0.273 e. The fourth-order valence-electron chi connectivity index (χ4n) is 2.13. The van der Waals surface area contributed by atoms with Gasteiger partial charge in [-0.25, -0.2) is 0 Å². The van der Waals surface area contributed by atoms with Gasteiger partial charge in [0.05, 0.1) is 18.1 Å². The highest BCUT2D eigenvalue weighted by atomic mass is 16.6. The summed E-state index contributed by atoms with van der Waals surface area (Å²) in [5, 5.41) is 14.2. The Labute approximate surface area is 123 Å². The molecule has 0 bridgehead atoms. The monoisotopic (exact) mass is 289 g/mol. The van der Waals surface area contributed by atoms with Gasteiger partial charge in [0.2, 0.25) is 0 Å². The average molecular weight is 289 g/mol. The molecule has 0 atom stereocenters. The molecule has 0 aliphatic heterocycles. The molecule has 21 heavy (non-hydrogen) atoms. The summed E-state index contributed by atoms with van der Waals surface area (Å²) in [5.74, 6) is 0.499. The number of benzene rings is 1. The van der Waals surface area contributed by atoms with Crippen LogP contribution in [0.1, 0.15) is 18.1 Å². The molecule has 1 heterocycles. The van der Waals surface area contributed by atoms with Crippen LogP contribution in [-0.4, -0.2) is 23.1 Å². The molecule has 0 fully saturated rings. The van der Waals surface area contributed by atoms with E-state index in [1.807, 2.05) is 29.1 Å². The number of aromatic nitrogens is 1. The van der Waals surface area contributed by atoms with E-state index in [2.05, 4.69) is 12.2 Å². The van der Waals surface area contributed by atoms with E-state index in [1.165, 1.54) is 18.7 Å². The highest BCUT2D eigenvalue weighted by Gasteiger charge is 2.10. The van der Waals surface area contributed by atoms with Gasteiger partial charge in [-0.2, -0.15) is 0 Å². The maximum absolute atomic E-state index is 10.9. The first kappa shape index (κ1) is 15.1. The number of nitrogens with zero attached hydrogens (tertiary/aromatic N) is 2. The van der Waals surface area contributed by atoms with Crippen molar-refractivity contribution in [2.24, 2.45) is 0 Å². The number of methoxy groups -OCH3 is 1. The lowest BCUT2D eigenvalue weighted by molar-refractivity contribution is -0.385. The second kappa shape index (κ2) is 6.90. The predicted octanol–water partition coefficient (Wildman–Crippen LogP) is 2.56. The van der Waals surface area contributed by atoms with Crippen LogP contribution in [0.15, 0.2) is 36.7 Å². The van der Waals surface area contributed by atoms with Gasteiger partial charge in [-0.05, 0) is 29.8 Å². The third-order valence-corrected chi connectivity index (χ3v) is 3.15. The summed E-state index contributed by atoms with van der Waals surface area (Å²) in [7, 11) is 1.51. The topological polar surface area (TPSA) is 69.3 Å². The number of ether oxygens (including phenoxy) is 1. The Hall–Kier alpha value is -2.34. The Bertz CT molecular complexity index is 622. The van der Waals surface area contributed by atoms with Crippen molar-refractivity contribution in [1.29, 1.82) is 0 Å². The molecule has 0 saturated heterocycles.